The molecule has 0 amide bonds. The highest BCUT2D eigenvalue weighted by Crippen LogP contribution is 2.28. The molecule has 0 radical (unpaired) electrons. The number of ether oxygens (including phenoxy) is 1. The van der Waals surface area contributed by atoms with Crippen molar-refractivity contribution in [3.05, 3.63) is 46.3 Å². The Hall–Kier alpha value is -1.96. The fourth-order valence-corrected chi connectivity index (χ4v) is 4.25. The van der Waals surface area contributed by atoms with E-state index in [2.05, 4.69) is 38.9 Å². The summed E-state index contributed by atoms with van der Waals surface area (Å²) in [5, 5.41) is 10.7. The van der Waals surface area contributed by atoms with Gasteiger partial charge < -0.3 is 9.26 Å². The Balaban J connectivity index is 1.36. The van der Waals surface area contributed by atoms with Crippen LogP contribution in [0.25, 0.3) is 10.6 Å². The van der Waals surface area contributed by atoms with Crippen LogP contribution >= 0.6 is 11.3 Å². The highest BCUT2D eigenvalue weighted by Gasteiger charge is 2.25. The Morgan fingerprint density at radius 2 is 2.27 bits per heavy atom. The third-order valence-electron chi connectivity index (χ3n) is 4.93. The second-order valence-electron chi connectivity index (χ2n) is 6.91. The van der Waals surface area contributed by atoms with Crippen LogP contribution in [0.5, 0.6) is 0 Å². The zero-order chi connectivity index (χ0) is 18.1. The number of likely N-dealkylation sites (tertiary alicyclic amines) is 1. The molecule has 1 fully saturated rings. The van der Waals surface area contributed by atoms with Gasteiger partial charge in [0.2, 0.25) is 0 Å². The predicted molar refractivity (Wildman–Crippen MR) is 101 cm³/mol. The SMILES string of the molecule is Cc1noc(C)c1COC1CCN(Cc2cn(C)nc2-c2cccs2)C1. The third kappa shape index (κ3) is 3.60. The molecule has 26 heavy (non-hydrogen) atoms. The van der Waals surface area contributed by atoms with E-state index in [1.54, 1.807) is 11.3 Å². The number of hydrogen-bond acceptors (Lipinski definition) is 6. The van der Waals surface area contributed by atoms with E-state index in [-0.39, 0.29) is 6.10 Å². The molecule has 3 aromatic heterocycles. The Labute approximate surface area is 157 Å². The number of aryl methyl sites for hydroxylation is 3. The molecule has 4 rings (SSSR count). The van der Waals surface area contributed by atoms with Crippen LogP contribution in [0.1, 0.15) is 29.0 Å². The molecule has 7 heteroatoms. The number of hydrogen-bond donors (Lipinski definition) is 0. The summed E-state index contributed by atoms with van der Waals surface area (Å²) in [6.07, 6.45) is 3.44. The minimum atomic E-state index is 0.255. The summed E-state index contributed by atoms with van der Waals surface area (Å²) >= 11 is 1.74. The minimum absolute atomic E-state index is 0.255. The summed E-state index contributed by atoms with van der Waals surface area (Å²) in [4.78, 5) is 3.68. The monoisotopic (exact) mass is 372 g/mol. The predicted octanol–water partition coefficient (Wildman–Crippen LogP) is 3.54. The van der Waals surface area contributed by atoms with Crippen LogP contribution < -0.4 is 0 Å². The van der Waals surface area contributed by atoms with Crippen molar-refractivity contribution in [2.45, 2.75) is 39.5 Å². The average Bonchev–Trinajstić information content (AvgIpc) is 3.37. The molecule has 4 heterocycles. The molecular formula is C19H24N4O2S. The second kappa shape index (κ2) is 7.34. The molecule has 1 aliphatic heterocycles. The number of aromatic nitrogens is 3. The van der Waals surface area contributed by atoms with Gasteiger partial charge in [-0.05, 0) is 31.7 Å². The maximum atomic E-state index is 6.12. The molecule has 0 aromatic carbocycles. The van der Waals surface area contributed by atoms with Crippen LogP contribution in [-0.4, -0.2) is 39.0 Å². The van der Waals surface area contributed by atoms with Crippen LogP contribution in [0, 0.1) is 13.8 Å². The highest BCUT2D eigenvalue weighted by atomic mass is 32.1. The quantitative estimate of drug-likeness (QED) is 0.662. The summed E-state index contributed by atoms with van der Waals surface area (Å²) in [5.74, 6) is 0.855. The van der Waals surface area contributed by atoms with E-state index >= 15 is 0 Å². The Kier molecular flexibility index (Phi) is 4.93. The third-order valence-corrected chi connectivity index (χ3v) is 5.80. The van der Waals surface area contributed by atoms with E-state index < -0.39 is 0 Å². The fraction of sp³-hybridized carbons (Fsp3) is 0.474. The van der Waals surface area contributed by atoms with Crippen molar-refractivity contribution in [3.63, 3.8) is 0 Å². The van der Waals surface area contributed by atoms with Gasteiger partial charge in [0.1, 0.15) is 11.5 Å². The lowest BCUT2D eigenvalue weighted by Crippen LogP contribution is -2.23. The Morgan fingerprint density at radius 3 is 3.00 bits per heavy atom. The smallest absolute Gasteiger partial charge is 0.139 e. The first kappa shape index (κ1) is 17.5. The first-order chi connectivity index (χ1) is 12.6. The summed E-state index contributed by atoms with van der Waals surface area (Å²) < 4.78 is 13.2. The average molecular weight is 372 g/mol. The van der Waals surface area contributed by atoms with Gasteiger partial charge in [0.15, 0.2) is 0 Å². The molecule has 1 unspecified atom stereocenters. The van der Waals surface area contributed by atoms with Gasteiger partial charge in [-0.1, -0.05) is 11.2 Å². The maximum Gasteiger partial charge on any atom is 0.139 e. The van der Waals surface area contributed by atoms with E-state index in [9.17, 15) is 0 Å². The summed E-state index contributed by atoms with van der Waals surface area (Å²) in [6.45, 7) is 7.38. The molecule has 3 aromatic rings. The van der Waals surface area contributed by atoms with Crippen molar-refractivity contribution >= 4 is 11.3 Å². The van der Waals surface area contributed by atoms with E-state index in [1.165, 1.54) is 10.4 Å². The van der Waals surface area contributed by atoms with Crippen molar-refractivity contribution in [2.75, 3.05) is 13.1 Å². The van der Waals surface area contributed by atoms with Gasteiger partial charge in [0, 0.05) is 44.0 Å². The summed E-state index contributed by atoms with van der Waals surface area (Å²) in [7, 11) is 1.99. The minimum Gasteiger partial charge on any atom is -0.372 e. The van der Waals surface area contributed by atoms with Gasteiger partial charge in [-0.3, -0.25) is 9.58 Å². The molecule has 0 spiro atoms. The largest absolute Gasteiger partial charge is 0.372 e. The van der Waals surface area contributed by atoms with Crippen molar-refractivity contribution in [3.8, 4) is 10.6 Å². The van der Waals surface area contributed by atoms with E-state index in [1.807, 2.05) is 25.6 Å². The number of thiophene rings is 1. The number of rotatable bonds is 6. The molecule has 0 N–H and O–H groups in total. The maximum absolute atomic E-state index is 6.12. The van der Waals surface area contributed by atoms with Crippen LogP contribution in [0.15, 0.2) is 28.2 Å². The molecule has 0 bridgehead atoms. The van der Waals surface area contributed by atoms with Gasteiger partial charge in [-0.15, -0.1) is 11.3 Å². The molecule has 1 atom stereocenters. The van der Waals surface area contributed by atoms with Crippen molar-refractivity contribution in [1.29, 1.82) is 0 Å². The van der Waals surface area contributed by atoms with Crippen LogP contribution in [0.3, 0.4) is 0 Å². The zero-order valence-corrected chi connectivity index (χ0v) is 16.3. The van der Waals surface area contributed by atoms with E-state index in [0.717, 1.165) is 48.8 Å². The second-order valence-corrected chi connectivity index (χ2v) is 7.86. The Morgan fingerprint density at radius 1 is 1.38 bits per heavy atom. The molecule has 0 aliphatic carbocycles. The molecule has 0 saturated carbocycles. The molecular weight excluding hydrogens is 348 g/mol. The topological polar surface area (TPSA) is 56.3 Å². The van der Waals surface area contributed by atoms with Crippen LogP contribution in [0.2, 0.25) is 0 Å². The Bertz CT molecular complexity index is 849. The van der Waals surface area contributed by atoms with Crippen molar-refractivity contribution < 1.29 is 9.26 Å². The van der Waals surface area contributed by atoms with Gasteiger partial charge in [-0.2, -0.15) is 5.10 Å². The number of nitrogens with zero attached hydrogens (tertiary/aromatic N) is 4. The molecule has 1 saturated heterocycles. The fourth-order valence-electron chi connectivity index (χ4n) is 3.50. The van der Waals surface area contributed by atoms with Gasteiger partial charge in [0.25, 0.3) is 0 Å². The van der Waals surface area contributed by atoms with Crippen LogP contribution in [0.4, 0.5) is 0 Å². The molecule has 138 valence electrons. The first-order valence-electron chi connectivity index (χ1n) is 8.92. The normalized spacial score (nSPS) is 18.0. The van der Waals surface area contributed by atoms with E-state index in [0.29, 0.717) is 6.61 Å². The standard InChI is InChI=1S/C19H24N4O2S/c1-13-17(14(2)25-21-13)12-24-16-6-7-23(11-16)10-15-9-22(3)20-19(15)18-5-4-8-26-18/h4-5,8-9,16H,6-7,10-12H2,1-3H3. The molecule has 6 nitrogen and oxygen atoms in total. The summed E-state index contributed by atoms with van der Waals surface area (Å²) in [6, 6.07) is 4.21. The first-order valence-corrected chi connectivity index (χ1v) is 9.80. The highest BCUT2D eigenvalue weighted by molar-refractivity contribution is 7.13. The van der Waals surface area contributed by atoms with Gasteiger partial charge in [-0.25, -0.2) is 0 Å². The van der Waals surface area contributed by atoms with Gasteiger partial charge >= 0.3 is 0 Å². The summed E-state index contributed by atoms with van der Waals surface area (Å²) in [5.41, 5.74) is 4.38. The van der Waals surface area contributed by atoms with Gasteiger partial charge in [0.05, 0.1) is 23.3 Å². The van der Waals surface area contributed by atoms with Crippen LogP contribution in [-0.2, 0) is 24.9 Å². The lowest BCUT2D eigenvalue weighted by molar-refractivity contribution is 0.0453. The zero-order valence-electron chi connectivity index (χ0n) is 15.4. The lowest BCUT2D eigenvalue weighted by atomic mass is 10.2. The van der Waals surface area contributed by atoms with E-state index in [4.69, 9.17) is 9.26 Å². The molecule has 1 aliphatic rings. The van der Waals surface area contributed by atoms with Crippen molar-refractivity contribution in [1.82, 2.24) is 19.8 Å². The lowest BCUT2D eigenvalue weighted by Gasteiger charge is -2.16. The van der Waals surface area contributed by atoms with Crippen molar-refractivity contribution in [2.24, 2.45) is 7.05 Å².